The van der Waals surface area contributed by atoms with Crippen LogP contribution in [0.1, 0.15) is 25.7 Å². The lowest BCUT2D eigenvalue weighted by Crippen LogP contribution is -2.48. The van der Waals surface area contributed by atoms with Crippen molar-refractivity contribution in [2.24, 2.45) is 5.92 Å². The molecule has 0 bridgehead atoms. The van der Waals surface area contributed by atoms with Crippen LogP contribution >= 0.6 is 0 Å². The molecule has 2 N–H and O–H groups in total. The number of amides is 2. The molecule has 1 unspecified atom stereocenters. The Kier molecular flexibility index (Phi) is 3.94. The van der Waals surface area contributed by atoms with Crippen LogP contribution in [0.4, 0.5) is 4.79 Å². The summed E-state index contributed by atoms with van der Waals surface area (Å²) >= 11 is 0. The molecule has 0 spiro atoms. The summed E-state index contributed by atoms with van der Waals surface area (Å²) < 4.78 is 0. The monoisotopic (exact) mass is 214 g/mol. The summed E-state index contributed by atoms with van der Waals surface area (Å²) in [5, 5.41) is 11.6. The first-order valence-corrected chi connectivity index (χ1v) is 5.23. The Balaban J connectivity index is 2.58. The van der Waals surface area contributed by atoms with Gasteiger partial charge in [0.2, 0.25) is 0 Å². The maximum atomic E-state index is 11.4. The summed E-state index contributed by atoms with van der Waals surface area (Å²) in [7, 11) is 3.20. The van der Waals surface area contributed by atoms with Crippen LogP contribution in [-0.4, -0.2) is 42.1 Å². The van der Waals surface area contributed by atoms with Gasteiger partial charge in [0.15, 0.2) is 0 Å². The highest BCUT2D eigenvalue weighted by Crippen LogP contribution is 2.27. The van der Waals surface area contributed by atoms with Crippen LogP contribution in [0.3, 0.4) is 0 Å². The number of carbonyl (C=O) groups is 2. The number of urea groups is 1. The van der Waals surface area contributed by atoms with Crippen molar-refractivity contribution in [1.29, 1.82) is 0 Å². The third kappa shape index (κ3) is 3.11. The van der Waals surface area contributed by atoms with E-state index in [-0.39, 0.29) is 11.9 Å². The van der Waals surface area contributed by atoms with Crippen LogP contribution in [0.5, 0.6) is 0 Å². The molecule has 1 fully saturated rings. The fourth-order valence-corrected chi connectivity index (χ4v) is 1.93. The number of carbonyl (C=O) groups excluding carboxylic acids is 1. The van der Waals surface area contributed by atoms with Crippen molar-refractivity contribution < 1.29 is 14.7 Å². The molecule has 5 nitrogen and oxygen atoms in total. The summed E-state index contributed by atoms with van der Waals surface area (Å²) in [6.45, 7) is 0. The lowest BCUT2D eigenvalue weighted by molar-refractivity contribution is -0.140. The summed E-state index contributed by atoms with van der Waals surface area (Å²) in [5.74, 6) is -0.844. The van der Waals surface area contributed by atoms with Crippen LogP contribution in [0.25, 0.3) is 0 Å². The highest BCUT2D eigenvalue weighted by atomic mass is 16.4. The predicted octanol–water partition coefficient (Wildman–Crippen LogP) is 0.901. The second-order valence-corrected chi connectivity index (χ2v) is 4.20. The standard InChI is InChI=1S/C10H18N2O3/c1-12(2)10(15)11-8(9(13)14)7-5-3-4-6-7/h7-8H,3-6H2,1-2H3,(H,11,15)(H,13,14). The van der Waals surface area contributed by atoms with E-state index >= 15 is 0 Å². The van der Waals surface area contributed by atoms with Gasteiger partial charge in [0, 0.05) is 14.1 Å². The van der Waals surface area contributed by atoms with Gasteiger partial charge in [-0.2, -0.15) is 0 Å². The number of aliphatic carboxylic acids is 1. The van der Waals surface area contributed by atoms with Crippen LogP contribution in [-0.2, 0) is 4.79 Å². The molecular weight excluding hydrogens is 196 g/mol. The largest absolute Gasteiger partial charge is 0.480 e. The first-order chi connectivity index (χ1) is 7.02. The van der Waals surface area contributed by atoms with Crippen molar-refractivity contribution in [2.45, 2.75) is 31.7 Å². The van der Waals surface area contributed by atoms with Gasteiger partial charge in [-0.05, 0) is 18.8 Å². The van der Waals surface area contributed by atoms with Crippen LogP contribution in [0.2, 0.25) is 0 Å². The zero-order chi connectivity index (χ0) is 11.4. The van der Waals surface area contributed by atoms with E-state index in [1.807, 2.05) is 0 Å². The minimum atomic E-state index is -0.933. The molecule has 1 saturated carbocycles. The Hall–Kier alpha value is -1.26. The number of hydrogen-bond donors (Lipinski definition) is 2. The second kappa shape index (κ2) is 5.00. The molecule has 1 rings (SSSR count). The molecule has 5 heteroatoms. The Morgan fingerprint density at radius 1 is 1.33 bits per heavy atom. The molecule has 86 valence electrons. The predicted molar refractivity (Wildman–Crippen MR) is 55.6 cm³/mol. The number of carboxylic acids is 1. The lowest BCUT2D eigenvalue weighted by atomic mass is 9.98. The molecule has 0 aromatic heterocycles. The molecule has 0 radical (unpaired) electrons. The second-order valence-electron chi connectivity index (χ2n) is 4.20. The number of nitrogens with zero attached hydrogens (tertiary/aromatic N) is 1. The molecule has 0 aliphatic heterocycles. The number of carboxylic acid groups (broad SMARTS) is 1. The molecule has 1 aliphatic rings. The van der Waals surface area contributed by atoms with E-state index in [4.69, 9.17) is 5.11 Å². The van der Waals surface area contributed by atoms with Gasteiger partial charge >= 0.3 is 12.0 Å². The van der Waals surface area contributed by atoms with E-state index in [0.717, 1.165) is 25.7 Å². The minimum Gasteiger partial charge on any atom is -0.480 e. The van der Waals surface area contributed by atoms with E-state index in [0.29, 0.717) is 0 Å². The van der Waals surface area contributed by atoms with Crippen molar-refractivity contribution in [3.63, 3.8) is 0 Å². The van der Waals surface area contributed by atoms with E-state index in [9.17, 15) is 9.59 Å². The molecule has 0 aromatic rings. The van der Waals surface area contributed by atoms with Gasteiger partial charge in [-0.25, -0.2) is 9.59 Å². The Morgan fingerprint density at radius 2 is 1.87 bits per heavy atom. The van der Waals surface area contributed by atoms with Gasteiger partial charge < -0.3 is 15.3 Å². The summed E-state index contributed by atoms with van der Waals surface area (Å²) in [5.41, 5.74) is 0. The van der Waals surface area contributed by atoms with E-state index in [1.54, 1.807) is 14.1 Å². The van der Waals surface area contributed by atoms with Gasteiger partial charge in [0.25, 0.3) is 0 Å². The van der Waals surface area contributed by atoms with E-state index < -0.39 is 12.0 Å². The SMILES string of the molecule is CN(C)C(=O)NC(C(=O)O)C1CCCC1. The summed E-state index contributed by atoms with van der Waals surface area (Å²) in [4.78, 5) is 23.7. The average molecular weight is 214 g/mol. The average Bonchev–Trinajstić information content (AvgIpc) is 2.65. The third-order valence-corrected chi connectivity index (χ3v) is 2.82. The zero-order valence-electron chi connectivity index (χ0n) is 9.19. The quantitative estimate of drug-likeness (QED) is 0.733. The topological polar surface area (TPSA) is 69.6 Å². The molecular formula is C10H18N2O3. The number of nitrogens with one attached hydrogen (secondary N) is 1. The Labute approximate surface area is 89.4 Å². The van der Waals surface area contributed by atoms with Crippen molar-refractivity contribution in [2.75, 3.05) is 14.1 Å². The minimum absolute atomic E-state index is 0.0893. The number of rotatable bonds is 3. The van der Waals surface area contributed by atoms with Gasteiger partial charge in [-0.1, -0.05) is 12.8 Å². The normalized spacial score (nSPS) is 18.5. The Morgan fingerprint density at radius 3 is 2.27 bits per heavy atom. The Bertz CT molecular complexity index is 247. The molecule has 15 heavy (non-hydrogen) atoms. The van der Waals surface area contributed by atoms with Crippen molar-refractivity contribution in [3.05, 3.63) is 0 Å². The fourth-order valence-electron chi connectivity index (χ4n) is 1.93. The van der Waals surface area contributed by atoms with Crippen molar-refractivity contribution in [3.8, 4) is 0 Å². The molecule has 2 amide bonds. The van der Waals surface area contributed by atoms with Gasteiger partial charge in [0.1, 0.15) is 6.04 Å². The first kappa shape index (κ1) is 11.8. The van der Waals surface area contributed by atoms with Gasteiger partial charge in [-0.15, -0.1) is 0 Å². The van der Waals surface area contributed by atoms with Crippen LogP contribution < -0.4 is 5.32 Å². The first-order valence-electron chi connectivity index (χ1n) is 5.23. The zero-order valence-corrected chi connectivity index (χ0v) is 9.19. The lowest BCUT2D eigenvalue weighted by Gasteiger charge is -2.22. The molecule has 1 atom stereocenters. The third-order valence-electron chi connectivity index (χ3n) is 2.82. The van der Waals surface area contributed by atoms with Gasteiger partial charge in [0.05, 0.1) is 0 Å². The summed E-state index contributed by atoms with van der Waals surface area (Å²) in [6, 6.07) is -1.07. The summed E-state index contributed by atoms with van der Waals surface area (Å²) in [6.07, 6.45) is 3.91. The fraction of sp³-hybridized carbons (Fsp3) is 0.800. The molecule has 0 saturated heterocycles. The van der Waals surface area contributed by atoms with Gasteiger partial charge in [-0.3, -0.25) is 0 Å². The van der Waals surface area contributed by atoms with Crippen molar-refractivity contribution >= 4 is 12.0 Å². The molecule has 0 heterocycles. The highest BCUT2D eigenvalue weighted by molar-refractivity contribution is 5.82. The van der Waals surface area contributed by atoms with Crippen LogP contribution in [0.15, 0.2) is 0 Å². The molecule has 0 aromatic carbocycles. The maximum Gasteiger partial charge on any atom is 0.326 e. The smallest absolute Gasteiger partial charge is 0.326 e. The van der Waals surface area contributed by atoms with Crippen LogP contribution in [0, 0.1) is 5.92 Å². The highest BCUT2D eigenvalue weighted by Gasteiger charge is 2.31. The van der Waals surface area contributed by atoms with E-state index in [1.165, 1.54) is 4.90 Å². The van der Waals surface area contributed by atoms with E-state index in [2.05, 4.69) is 5.32 Å². The number of hydrogen-bond acceptors (Lipinski definition) is 2. The maximum absolute atomic E-state index is 11.4. The van der Waals surface area contributed by atoms with Crippen molar-refractivity contribution in [1.82, 2.24) is 10.2 Å². The molecule has 1 aliphatic carbocycles.